The number of fused-ring (bicyclic) bond motifs is 2. The second kappa shape index (κ2) is 5.18. The summed E-state index contributed by atoms with van der Waals surface area (Å²) >= 11 is 0. The summed E-state index contributed by atoms with van der Waals surface area (Å²) in [6, 6.07) is 3.76. The maximum Gasteiger partial charge on any atom is 0.116 e. The van der Waals surface area contributed by atoms with Gasteiger partial charge in [-0.3, -0.25) is 4.98 Å². The molecule has 0 saturated heterocycles. The second-order valence-electron chi connectivity index (χ2n) is 3.75. The first kappa shape index (κ1) is 11.2. The van der Waals surface area contributed by atoms with Gasteiger partial charge >= 0.3 is 0 Å². The number of hydrogen-bond donors (Lipinski definition) is 1. The molecular weight excluding hydrogens is 240 g/mol. The van der Waals surface area contributed by atoms with Crippen LogP contribution < -0.4 is 0 Å². The van der Waals surface area contributed by atoms with E-state index in [2.05, 4.69) is 29.9 Å². The molecule has 0 aliphatic rings. The van der Waals surface area contributed by atoms with Crippen molar-refractivity contribution in [3.05, 3.63) is 55.8 Å². The number of hydrogen-bond acceptors (Lipinski definition) is 5. The zero-order chi connectivity index (χ0) is 12.9. The molecule has 4 aromatic heterocycles. The fourth-order valence-electron chi connectivity index (χ4n) is 1.61. The summed E-state index contributed by atoms with van der Waals surface area (Å²) in [5.41, 5.74) is 2.69. The molecule has 0 fully saturated rings. The van der Waals surface area contributed by atoms with Gasteiger partial charge in [-0.2, -0.15) is 0 Å². The number of rotatable bonds is 0. The van der Waals surface area contributed by atoms with Gasteiger partial charge in [0.2, 0.25) is 0 Å². The molecule has 0 aliphatic carbocycles. The average Bonchev–Trinajstić information content (AvgIpc) is 2.96. The van der Waals surface area contributed by atoms with Crippen molar-refractivity contribution >= 4 is 21.9 Å². The van der Waals surface area contributed by atoms with Gasteiger partial charge in [-0.25, -0.2) is 19.9 Å². The van der Waals surface area contributed by atoms with E-state index in [-0.39, 0.29) is 0 Å². The number of aromatic nitrogens is 6. The summed E-state index contributed by atoms with van der Waals surface area (Å²) in [6.45, 7) is 0. The van der Waals surface area contributed by atoms with Crippen LogP contribution in [0.15, 0.2) is 55.8 Å². The SMILES string of the molecule is c1cnc2cncnc2c1.c1ncc2c[nH]cc2n1. The quantitative estimate of drug-likeness (QED) is 0.516. The summed E-state index contributed by atoms with van der Waals surface area (Å²) in [5, 5.41) is 1.05. The Morgan fingerprint density at radius 2 is 1.63 bits per heavy atom. The highest BCUT2D eigenvalue weighted by Gasteiger charge is 1.90. The Bertz CT molecular complexity index is 699. The predicted octanol–water partition coefficient (Wildman–Crippen LogP) is 1.98. The molecule has 0 aromatic carbocycles. The second-order valence-corrected chi connectivity index (χ2v) is 3.75. The van der Waals surface area contributed by atoms with Crippen LogP contribution in [0.3, 0.4) is 0 Å². The maximum atomic E-state index is 4.06. The molecule has 0 atom stereocenters. The van der Waals surface area contributed by atoms with E-state index < -0.39 is 0 Å². The van der Waals surface area contributed by atoms with Crippen molar-refractivity contribution in [2.45, 2.75) is 0 Å². The third-order valence-corrected chi connectivity index (χ3v) is 2.51. The minimum atomic E-state index is 0.838. The molecule has 0 radical (unpaired) electrons. The Kier molecular flexibility index (Phi) is 3.05. The predicted molar refractivity (Wildman–Crippen MR) is 71.2 cm³/mol. The topological polar surface area (TPSA) is 80.2 Å². The van der Waals surface area contributed by atoms with Crippen LogP contribution in [0.2, 0.25) is 0 Å². The van der Waals surface area contributed by atoms with Gasteiger partial charge in [-0.15, -0.1) is 0 Å². The maximum absolute atomic E-state index is 4.06. The molecule has 92 valence electrons. The molecule has 6 heteroatoms. The number of nitrogens with zero attached hydrogens (tertiary/aromatic N) is 5. The lowest BCUT2D eigenvalue weighted by Crippen LogP contribution is -1.81. The van der Waals surface area contributed by atoms with Gasteiger partial charge in [0.25, 0.3) is 0 Å². The normalized spacial score (nSPS) is 10.1. The van der Waals surface area contributed by atoms with E-state index in [0.29, 0.717) is 0 Å². The summed E-state index contributed by atoms with van der Waals surface area (Å²) in [5.74, 6) is 0. The van der Waals surface area contributed by atoms with Crippen LogP contribution in [0.25, 0.3) is 21.9 Å². The number of nitrogens with one attached hydrogen (secondary N) is 1. The van der Waals surface area contributed by atoms with Crippen molar-refractivity contribution in [3.8, 4) is 0 Å². The third kappa shape index (κ3) is 2.52. The lowest BCUT2D eigenvalue weighted by molar-refractivity contribution is 1.20. The monoisotopic (exact) mass is 250 g/mol. The van der Waals surface area contributed by atoms with Crippen LogP contribution in [0.1, 0.15) is 0 Å². The fraction of sp³-hybridized carbons (Fsp3) is 0. The van der Waals surface area contributed by atoms with Gasteiger partial charge in [0.05, 0.1) is 17.2 Å². The Labute approximate surface area is 108 Å². The first-order valence-electron chi connectivity index (χ1n) is 5.67. The average molecular weight is 250 g/mol. The Hall–Kier alpha value is -2.89. The van der Waals surface area contributed by atoms with Crippen molar-refractivity contribution in [2.24, 2.45) is 0 Å². The standard InChI is InChI=1S/C7H5N3.C6H5N3/c1-2-6-7(9-3-1)4-8-5-10-6;1-5-2-8-4-9-6(5)3-7-1/h1-5H;1-4,7H. The lowest BCUT2D eigenvalue weighted by Gasteiger charge is -1.89. The summed E-state index contributed by atoms with van der Waals surface area (Å²) in [6.07, 6.45) is 12.0. The Balaban J connectivity index is 0.000000117. The molecule has 0 unspecified atom stereocenters. The first-order valence-corrected chi connectivity index (χ1v) is 5.67. The smallest absolute Gasteiger partial charge is 0.116 e. The molecule has 0 spiro atoms. The zero-order valence-electron chi connectivity index (χ0n) is 9.93. The molecule has 0 bridgehead atoms. The van der Waals surface area contributed by atoms with E-state index in [1.807, 2.05) is 24.5 Å². The van der Waals surface area contributed by atoms with Crippen molar-refractivity contribution < 1.29 is 0 Å². The Morgan fingerprint density at radius 1 is 0.789 bits per heavy atom. The zero-order valence-corrected chi connectivity index (χ0v) is 9.93. The minimum Gasteiger partial charge on any atom is -0.365 e. The van der Waals surface area contributed by atoms with Gasteiger partial charge < -0.3 is 4.98 Å². The summed E-state index contributed by atoms with van der Waals surface area (Å²) in [7, 11) is 0. The van der Waals surface area contributed by atoms with Crippen LogP contribution in [-0.4, -0.2) is 29.9 Å². The van der Waals surface area contributed by atoms with E-state index >= 15 is 0 Å². The highest BCUT2D eigenvalue weighted by Crippen LogP contribution is 2.05. The molecular formula is C13H10N6. The van der Waals surface area contributed by atoms with Crippen LogP contribution in [-0.2, 0) is 0 Å². The van der Waals surface area contributed by atoms with Gasteiger partial charge in [-0.1, -0.05) is 0 Å². The summed E-state index contributed by atoms with van der Waals surface area (Å²) in [4.78, 5) is 22.7. The van der Waals surface area contributed by atoms with E-state index in [1.54, 1.807) is 18.6 Å². The highest BCUT2D eigenvalue weighted by atomic mass is 14.8. The number of H-pyrrole nitrogens is 1. The van der Waals surface area contributed by atoms with Crippen molar-refractivity contribution in [2.75, 3.05) is 0 Å². The molecule has 0 aliphatic heterocycles. The highest BCUT2D eigenvalue weighted by molar-refractivity contribution is 5.76. The third-order valence-electron chi connectivity index (χ3n) is 2.51. The van der Waals surface area contributed by atoms with Crippen LogP contribution >= 0.6 is 0 Å². The first-order chi connectivity index (χ1) is 9.43. The molecule has 0 amide bonds. The molecule has 6 nitrogen and oxygen atoms in total. The molecule has 0 saturated carbocycles. The van der Waals surface area contributed by atoms with Crippen LogP contribution in [0.4, 0.5) is 0 Å². The lowest BCUT2D eigenvalue weighted by atomic mass is 10.4. The van der Waals surface area contributed by atoms with Crippen molar-refractivity contribution in [1.82, 2.24) is 29.9 Å². The van der Waals surface area contributed by atoms with Gasteiger partial charge in [0, 0.05) is 30.2 Å². The molecule has 4 heterocycles. The van der Waals surface area contributed by atoms with E-state index in [4.69, 9.17) is 0 Å². The summed E-state index contributed by atoms with van der Waals surface area (Å²) < 4.78 is 0. The molecule has 19 heavy (non-hydrogen) atoms. The Morgan fingerprint density at radius 3 is 2.47 bits per heavy atom. The van der Waals surface area contributed by atoms with E-state index in [0.717, 1.165) is 21.9 Å². The van der Waals surface area contributed by atoms with Crippen molar-refractivity contribution in [1.29, 1.82) is 0 Å². The molecule has 4 aromatic rings. The number of pyridine rings is 1. The van der Waals surface area contributed by atoms with Crippen LogP contribution in [0.5, 0.6) is 0 Å². The largest absolute Gasteiger partial charge is 0.365 e. The van der Waals surface area contributed by atoms with Gasteiger partial charge in [0.1, 0.15) is 18.2 Å². The molecule has 1 N–H and O–H groups in total. The van der Waals surface area contributed by atoms with E-state index in [1.165, 1.54) is 12.7 Å². The van der Waals surface area contributed by atoms with Gasteiger partial charge in [-0.05, 0) is 12.1 Å². The fourth-order valence-corrected chi connectivity index (χ4v) is 1.61. The molecule has 4 rings (SSSR count). The minimum absolute atomic E-state index is 0.838. The van der Waals surface area contributed by atoms with E-state index in [9.17, 15) is 0 Å². The number of aromatic amines is 1. The van der Waals surface area contributed by atoms with Crippen molar-refractivity contribution in [3.63, 3.8) is 0 Å². The van der Waals surface area contributed by atoms with Crippen LogP contribution in [0, 0.1) is 0 Å². The van der Waals surface area contributed by atoms with Gasteiger partial charge in [0.15, 0.2) is 0 Å².